The van der Waals surface area contributed by atoms with Gasteiger partial charge in [0.05, 0.1) is 5.71 Å². The minimum Gasteiger partial charge on any atom is -0.427 e. The summed E-state index contributed by atoms with van der Waals surface area (Å²) >= 11 is 5.85. The number of hydrogen-bond acceptors (Lipinski definition) is 4. The van der Waals surface area contributed by atoms with Crippen molar-refractivity contribution in [3.05, 3.63) is 34.9 Å². The van der Waals surface area contributed by atoms with Crippen LogP contribution in [0.15, 0.2) is 29.4 Å². The molecule has 0 unspecified atom stereocenters. The zero-order valence-corrected chi connectivity index (χ0v) is 12.6. The fraction of sp³-hybridized carbons (Fsp3) is 0.467. The van der Waals surface area contributed by atoms with E-state index in [0.29, 0.717) is 5.92 Å². The molecule has 20 heavy (non-hydrogen) atoms. The van der Waals surface area contributed by atoms with Crippen molar-refractivity contribution in [2.45, 2.75) is 45.1 Å². The first-order chi connectivity index (χ1) is 9.33. The van der Waals surface area contributed by atoms with Gasteiger partial charge in [0, 0.05) is 5.02 Å². The van der Waals surface area contributed by atoms with Crippen LogP contribution < -0.4 is 0 Å². The number of oxime groups is 1. The van der Waals surface area contributed by atoms with Crippen LogP contribution in [0.3, 0.4) is 0 Å². The average Bonchev–Trinajstić information content (AvgIpc) is 2.27. The zero-order valence-electron chi connectivity index (χ0n) is 11.9. The van der Waals surface area contributed by atoms with Crippen molar-refractivity contribution in [1.82, 2.24) is 0 Å². The van der Waals surface area contributed by atoms with Gasteiger partial charge in [0.15, 0.2) is 0 Å². The molecule has 1 aliphatic carbocycles. The first-order valence-corrected chi connectivity index (χ1v) is 6.92. The van der Waals surface area contributed by atoms with E-state index in [-0.39, 0.29) is 0 Å². The number of halogens is 1. The molecule has 1 aromatic rings. The predicted molar refractivity (Wildman–Crippen MR) is 78.2 cm³/mol. The maximum Gasteiger partial charge on any atom is 0.535 e. The van der Waals surface area contributed by atoms with E-state index >= 15 is 0 Å². The molecular weight excluding hydrogens is 278 g/mol. The molecule has 0 aromatic heterocycles. The Kier molecular flexibility index (Phi) is 4.33. The summed E-state index contributed by atoms with van der Waals surface area (Å²) in [6, 6.07) is 7.78. The minimum atomic E-state index is -0.764. The lowest BCUT2D eigenvalue weighted by atomic mass is 9.78. The van der Waals surface area contributed by atoms with Crippen molar-refractivity contribution in [2.75, 3.05) is 0 Å². The maximum absolute atomic E-state index is 11.3. The van der Waals surface area contributed by atoms with E-state index < -0.39 is 11.8 Å². The summed E-state index contributed by atoms with van der Waals surface area (Å²) in [5.41, 5.74) is 1.53. The van der Waals surface area contributed by atoms with Crippen molar-refractivity contribution >= 4 is 23.5 Å². The molecule has 1 aliphatic rings. The quantitative estimate of drug-likeness (QED) is 0.458. The van der Waals surface area contributed by atoms with Gasteiger partial charge in [-0.05, 0) is 57.2 Å². The molecule has 0 atom stereocenters. The molecule has 1 aromatic carbocycles. The van der Waals surface area contributed by atoms with Crippen LogP contribution in [-0.4, -0.2) is 17.5 Å². The van der Waals surface area contributed by atoms with E-state index in [1.165, 1.54) is 5.56 Å². The second-order valence-electron chi connectivity index (χ2n) is 5.87. The molecule has 5 heteroatoms. The van der Waals surface area contributed by atoms with Crippen LogP contribution in [0, 0.1) is 0 Å². The van der Waals surface area contributed by atoms with Crippen LogP contribution in [0.2, 0.25) is 5.02 Å². The highest BCUT2D eigenvalue weighted by atomic mass is 35.5. The van der Waals surface area contributed by atoms with Gasteiger partial charge in [0.25, 0.3) is 0 Å². The molecule has 0 amide bonds. The third kappa shape index (κ3) is 4.23. The van der Waals surface area contributed by atoms with E-state index in [4.69, 9.17) is 21.2 Å². The molecule has 2 rings (SSSR count). The largest absolute Gasteiger partial charge is 0.535 e. The Bertz CT molecular complexity index is 509. The van der Waals surface area contributed by atoms with Gasteiger partial charge in [-0.25, -0.2) is 4.79 Å². The Morgan fingerprint density at radius 3 is 2.40 bits per heavy atom. The molecule has 0 saturated heterocycles. The van der Waals surface area contributed by atoms with Crippen LogP contribution in [0.25, 0.3) is 0 Å². The summed E-state index contributed by atoms with van der Waals surface area (Å²) in [4.78, 5) is 16.1. The van der Waals surface area contributed by atoms with E-state index in [0.717, 1.165) is 23.6 Å². The second-order valence-corrected chi connectivity index (χ2v) is 6.31. The Labute approximate surface area is 123 Å². The predicted octanol–water partition coefficient (Wildman–Crippen LogP) is 4.53. The van der Waals surface area contributed by atoms with E-state index in [9.17, 15) is 4.79 Å². The SMILES string of the molecule is CC(C)(C)OC(=O)ON=C1CC(c2ccc(Cl)cc2)C1. The summed E-state index contributed by atoms with van der Waals surface area (Å²) in [5, 5.41) is 4.55. The van der Waals surface area contributed by atoms with Crippen molar-refractivity contribution < 1.29 is 14.4 Å². The third-order valence-corrected chi connectivity index (χ3v) is 3.20. The lowest BCUT2D eigenvalue weighted by Gasteiger charge is -2.27. The summed E-state index contributed by atoms with van der Waals surface area (Å²) in [6.07, 6.45) is 0.828. The molecule has 0 heterocycles. The fourth-order valence-corrected chi connectivity index (χ4v) is 2.05. The van der Waals surface area contributed by atoms with Crippen LogP contribution in [0.5, 0.6) is 0 Å². The minimum absolute atomic E-state index is 0.424. The number of nitrogens with zero attached hydrogens (tertiary/aromatic N) is 1. The van der Waals surface area contributed by atoms with Gasteiger partial charge >= 0.3 is 6.16 Å². The summed E-state index contributed by atoms with van der Waals surface area (Å²) in [6.45, 7) is 5.34. The highest BCUT2D eigenvalue weighted by molar-refractivity contribution is 6.30. The van der Waals surface area contributed by atoms with Gasteiger partial charge < -0.3 is 4.74 Å². The number of benzene rings is 1. The lowest BCUT2D eigenvalue weighted by molar-refractivity contribution is -0.00665. The number of ether oxygens (including phenoxy) is 1. The average molecular weight is 296 g/mol. The summed E-state index contributed by atoms with van der Waals surface area (Å²) in [7, 11) is 0. The number of carbonyl (C=O) groups excluding carboxylic acids is 1. The molecule has 0 spiro atoms. The van der Waals surface area contributed by atoms with Crippen molar-refractivity contribution in [1.29, 1.82) is 0 Å². The normalized spacial score (nSPS) is 18.2. The fourth-order valence-electron chi connectivity index (χ4n) is 1.92. The summed E-state index contributed by atoms with van der Waals surface area (Å²) in [5.74, 6) is 0.424. The molecule has 0 bridgehead atoms. The Morgan fingerprint density at radius 2 is 1.85 bits per heavy atom. The number of hydrogen-bond donors (Lipinski definition) is 0. The van der Waals surface area contributed by atoms with Gasteiger partial charge in [-0.1, -0.05) is 28.9 Å². The Balaban J connectivity index is 1.80. The van der Waals surface area contributed by atoms with E-state index in [1.54, 1.807) is 20.8 Å². The smallest absolute Gasteiger partial charge is 0.427 e. The highest BCUT2D eigenvalue weighted by Crippen LogP contribution is 2.35. The lowest BCUT2D eigenvalue weighted by Crippen LogP contribution is -2.25. The topological polar surface area (TPSA) is 47.9 Å². The molecular formula is C15H18ClNO3. The Morgan fingerprint density at radius 1 is 1.25 bits per heavy atom. The van der Waals surface area contributed by atoms with Gasteiger partial charge in [0.1, 0.15) is 5.60 Å². The number of rotatable bonds is 2. The van der Waals surface area contributed by atoms with Gasteiger partial charge in [-0.3, -0.25) is 4.84 Å². The van der Waals surface area contributed by atoms with Gasteiger partial charge in [-0.2, -0.15) is 0 Å². The third-order valence-electron chi connectivity index (χ3n) is 2.94. The molecule has 0 N–H and O–H groups in total. The van der Waals surface area contributed by atoms with Crippen molar-refractivity contribution in [3.63, 3.8) is 0 Å². The first-order valence-electron chi connectivity index (χ1n) is 6.55. The van der Waals surface area contributed by atoms with Crippen LogP contribution in [0.4, 0.5) is 4.79 Å². The molecule has 1 saturated carbocycles. The molecule has 108 valence electrons. The van der Waals surface area contributed by atoms with Crippen LogP contribution >= 0.6 is 11.6 Å². The first kappa shape index (κ1) is 14.9. The molecule has 0 radical (unpaired) electrons. The highest BCUT2D eigenvalue weighted by Gasteiger charge is 2.27. The zero-order chi connectivity index (χ0) is 14.8. The molecule has 4 nitrogen and oxygen atoms in total. The van der Waals surface area contributed by atoms with Gasteiger partial charge in [0.2, 0.25) is 0 Å². The van der Waals surface area contributed by atoms with Crippen molar-refractivity contribution in [2.24, 2.45) is 5.16 Å². The standard InChI is InChI=1S/C15H18ClNO3/c1-15(2,3)19-14(18)20-17-13-8-11(9-13)10-4-6-12(16)7-5-10/h4-7,11H,8-9H2,1-3H3. The van der Waals surface area contributed by atoms with E-state index in [1.807, 2.05) is 24.3 Å². The van der Waals surface area contributed by atoms with Crippen LogP contribution in [-0.2, 0) is 9.57 Å². The van der Waals surface area contributed by atoms with E-state index in [2.05, 4.69) is 5.16 Å². The maximum atomic E-state index is 11.3. The summed E-state index contributed by atoms with van der Waals surface area (Å²) < 4.78 is 5.00. The van der Waals surface area contributed by atoms with Gasteiger partial charge in [-0.15, -0.1) is 0 Å². The molecule has 0 aliphatic heterocycles. The molecule has 1 fully saturated rings. The second kappa shape index (κ2) is 5.83. The Hall–Kier alpha value is -1.55. The van der Waals surface area contributed by atoms with Crippen LogP contribution in [0.1, 0.15) is 45.1 Å². The van der Waals surface area contributed by atoms with Crippen molar-refractivity contribution in [3.8, 4) is 0 Å². The monoisotopic (exact) mass is 295 g/mol. The number of carbonyl (C=O) groups is 1.